The van der Waals surface area contributed by atoms with E-state index in [-0.39, 0.29) is 22.3 Å². The average molecular weight is 456 g/mol. The fourth-order valence-electron chi connectivity index (χ4n) is 3.49. The summed E-state index contributed by atoms with van der Waals surface area (Å²) in [4.78, 5) is 42.7. The van der Waals surface area contributed by atoms with Crippen LogP contribution in [0, 0.1) is 6.92 Å². The van der Waals surface area contributed by atoms with Gasteiger partial charge in [-0.25, -0.2) is 9.78 Å². The fourth-order valence-corrected chi connectivity index (χ4v) is 3.49. The van der Waals surface area contributed by atoms with Crippen molar-refractivity contribution < 1.29 is 19.0 Å². The number of ether oxygens (including phenoxy) is 3. The molecule has 0 unspecified atom stereocenters. The van der Waals surface area contributed by atoms with Gasteiger partial charge in [-0.3, -0.25) is 18.7 Å². The van der Waals surface area contributed by atoms with Crippen molar-refractivity contribution in [3.05, 3.63) is 50.3 Å². The van der Waals surface area contributed by atoms with Crippen LogP contribution in [0.2, 0.25) is 0 Å². The summed E-state index contributed by atoms with van der Waals surface area (Å²) < 4.78 is 19.3. The fraction of sp³-hybridized carbons (Fsp3) is 0.391. The molecule has 1 N–H and O–H groups in total. The summed E-state index contributed by atoms with van der Waals surface area (Å²) in [6.07, 6.45) is 1.51. The zero-order chi connectivity index (χ0) is 24.3. The number of benzene rings is 1. The Balaban J connectivity index is 2.16. The Hall–Kier alpha value is -3.82. The Bertz CT molecular complexity index is 1300. The van der Waals surface area contributed by atoms with Crippen LogP contribution in [-0.4, -0.2) is 39.8 Å². The second kappa shape index (κ2) is 9.76. The van der Waals surface area contributed by atoms with E-state index in [1.165, 1.54) is 24.9 Å². The van der Waals surface area contributed by atoms with E-state index in [2.05, 4.69) is 10.3 Å². The molecule has 176 valence electrons. The van der Waals surface area contributed by atoms with Crippen LogP contribution in [0.5, 0.6) is 17.2 Å². The first kappa shape index (κ1) is 23.8. The monoisotopic (exact) mass is 456 g/mol. The van der Waals surface area contributed by atoms with Gasteiger partial charge in [0.15, 0.2) is 17.1 Å². The summed E-state index contributed by atoms with van der Waals surface area (Å²) in [6, 6.07) is 3.14. The highest BCUT2D eigenvalue weighted by atomic mass is 16.5. The largest absolute Gasteiger partial charge is 0.490 e. The van der Waals surface area contributed by atoms with Gasteiger partial charge < -0.3 is 19.5 Å². The summed E-state index contributed by atoms with van der Waals surface area (Å²) >= 11 is 0. The summed E-state index contributed by atoms with van der Waals surface area (Å²) in [5.41, 5.74) is 0.252. The van der Waals surface area contributed by atoms with Crippen molar-refractivity contribution in [1.29, 1.82) is 0 Å². The lowest BCUT2D eigenvalue weighted by Crippen LogP contribution is -2.37. The number of amides is 1. The van der Waals surface area contributed by atoms with Gasteiger partial charge in [0.25, 0.3) is 11.5 Å². The third-order valence-corrected chi connectivity index (χ3v) is 5.07. The molecule has 10 nitrogen and oxygen atoms in total. The third kappa shape index (κ3) is 4.41. The van der Waals surface area contributed by atoms with E-state index in [4.69, 9.17) is 14.2 Å². The van der Waals surface area contributed by atoms with E-state index < -0.39 is 17.2 Å². The first-order valence-corrected chi connectivity index (χ1v) is 10.7. The second-order valence-electron chi connectivity index (χ2n) is 7.28. The van der Waals surface area contributed by atoms with Crippen molar-refractivity contribution in [2.24, 2.45) is 14.1 Å². The van der Waals surface area contributed by atoms with Crippen molar-refractivity contribution in [3.63, 3.8) is 0 Å². The number of aromatic nitrogens is 3. The van der Waals surface area contributed by atoms with Crippen molar-refractivity contribution >= 4 is 22.6 Å². The molecule has 10 heteroatoms. The number of hydrogen-bond donors (Lipinski definition) is 1. The van der Waals surface area contributed by atoms with Crippen LogP contribution in [0.25, 0.3) is 11.0 Å². The first-order chi connectivity index (χ1) is 15.7. The van der Waals surface area contributed by atoms with Gasteiger partial charge in [-0.2, -0.15) is 0 Å². The summed E-state index contributed by atoms with van der Waals surface area (Å²) in [7, 11) is 2.90. The number of carbonyl (C=O) groups excluding carboxylic acids is 1. The molecule has 3 rings (SSSR count). The lowest BCUT2D eigenvalue weighted by molar-refractivity contribution is 0.102. The minimum absolute atomic E-state index is 0.147. The molecule has 33 heavy (non-hydrogen) atoms. The lowest BCUT2D eigenvalue weighted by Gasteiger charge is -2.18. The van der Waals surface area contributed by atoms with E-state index in [0.717, 1.165) is 4.57 Å². The third-order valence-electron chi connectivity index (χ3n) is 5.07. The molecule has 0 aliphatic carbocycles. The van der Waals surface area contributed by atoms with Gasteiger partial charge in [0, 0.05) is 25.9 Å². The molecule has 0 aliphatic heterocycles. The molecule has 0 saturated heterocycles. The Kier molecular flexibility index (Phi) is 7.05. The predicted octanol–water partition coefficient (Wildman–Crippen LogP) is 2.39. The van der Waals surface area contributed by atoms with E-state index in [9.17, 15) is 14.4 Å². The van der Waals surface area contributed by atoms with Crippen LogP contribution in [-0.2, 0) is 14.1 Å². The number of anilines is 1. The Labute approximate surface area is 190 Å². The maximum Gasteiger partial charge on any atom is 0.332 e. The summed E-state index contributed by atoms with van der Waals surface area (Å²) in [6.45, 7) is 8.36. The predicted molar refractivity (Wildman–Crippen MR) is 125 cm³/mol. The van der Waals surface area contributed by atoms with E-state index in [0.29, 0.717) is 42.6 Å². The number of nitrogens with one attached hydrogen (secondary N) is 1. The van der Waals surface area contributed by atoms with E-state index in [1.807, 2.05) is 20.8 Å². The molecule has 3 aromatic rings. The summed E-state index contributed by atoms with van der Waals surface area (Å²) in [5, 5.41) is 2.96. The molecule has 0 spiro atoms. The molecule has 0 aliphatic rings. The SMILES string of the molecule is CCOc1cc(C(=O)Nc2c(C)cnc3c2c(=O)n(C)c(=O)n3C)cc(OCC)c1OCC. The number of carbonyl (C=O) groups is 1. The molecule has 0 radical (unpaired) electrons. The highest BCUT2D eigenvalue weighted by Crippen LogP contribution is 2.39. The van der Waals surface area contributed by atoms with Gasteiger partial charge in [0.05, 0.1) is 25.5 Å². The number of pyridine rings is 1. The van der Waals surface area contributed by atoms with Gasteiger partial charge in [0.1, 0.15) is 5.39 Å². The van der Waals surface area contributed by atoms with Crippen molar-refractivity contribution in [1.82, 2.24) is 14.1 Å². The van der Waals surface area contributed by atoms with E-state index in [1.54, 1.807) is 19.1 Å². The highest BCUT2D eigenvalue weighted by molar-refractivity contribution is 6.09. The molecule has 1 amide bonds. The van der Waals surface area contributed by atoms with Crippen molar-refractivity contribution in [2.75, 3.05) is 25.1 Å². The van der Waals surface area contributed by atoms with Crippen LogP contribution >= 0.6 is 0 Å². The molecule has 2 heterocycles. The topological polar surface area (TPSA) is 114 Å². The summed E-state index contributed by atoms with van der Waals surface area (Å²) in [5.74, 6) is 0.703. The first-order valence-electron chi connectivity index (χ1n) is 10.7. The van der Waals surface area contributed by atoms with E-state index >= 15 is 0 Å². The molecule has 0 bridgehead atoms. The van der Waals surface area contributed by atoms with Crippen LogP contribution < -0.4 is 30.8 Å². The maximum atomic E-state index is 13.3. The number of nitrogens with zero attached hydrogens (tertiary/aromatic N) is 3. The van der Waals surface area contributed by atoms with Gasteiger partial charge in [0.2, 0.25) is 5.75 Å². The van der Waals surface area contributed by atoms with Crippen LogP contribution in [0.1, 0.15) is 36.7 Å². The van der Waals surface area contributed by atoms with Crippen LogP contribution in [0.15, 0.2) is 27.9 Å². The number of hydrogen-bond acceptors (Lipinski definition) is 7. The molecular formula is C23H28N4O6. The van der Waals surface area contributed by atoms with Crippen LogP contribution in [0.3, 0.4) is 0 Å². The lowest BCUT2D eigenvalue weighted by atomic mass is 10.1. The standard InChI is InChI=1S/C23H28N4O6/c1-7-31-15-10-14(11-16(32-8-2)19(15)33-9-3)21(28)25-18-13(4)12-24-20-17(18)22(29)27(6)23(30)26(20)5/h10-12H,7-9H2,1-6H3,(H,24,25,28). The van der Waals surface area contributed by atoms with Gasteiger partial charge in [-0.15, -0.1) is 0 Å². The van der Waals surface area contributed by atoms with Gasteiger partial charge >= 0.3 is 5.69 Å². The molecule has 2 aromatic heterocycles. The zero-order valence-electron chi connectivity index (χ0n) is 19.6. The van der Waals surface area contributed by atoms with Crippen molar-refractivity contribution in [3.8, 4) is 17.2 Å². The van der Waals surface area contributed by atoms with Gasteiger partial charge in [-0.1, -0.05) is 0 Å². The molecule has 0 saturated carbocycles. The normalized spacial score (nSPS) is 10.8. The molecule has 1 aromatic carbocycles. The smallest absolute Gasteiger partial charge is 0.332 e. The minimum Gasteiger partial charge on any atom is -0.490 e. The number of rotatable bonds is 8. The van der Waals surface area contributed by atoms with Crippen molar-refractivity contribution in [2.45, 2.75) is 27.7 Å². The average Bonchev–Trinajstić information content (AvgIpc) is 2.79. The van der Waals surface area contributed by atoms with Crippen LogP contribution in [0.4, 0.5) is 5.69 Å². The molecular weight excluding hydrogens is 428 g/mol. The number of fused-ring (bicyclic) bond motifs is 1. The molecule has 0 fully saturated rings. The highest BCUT2D eigenvalue weighted by Gasteiger charge is 2.21. The minimum atomic E-state index is -0.545. The molecule has 0 atom stereocenters. The number of aryl methyl sites for hydroxylation is 2. The second-order valence-corrected chi connectivity index (χ2v) is 7.28. The zero-order valence-corrected chi connectivity index (χ0v) is 19.6. The quantitative estimate of drug-likeness (QED) is 0.554. The Morgan fingerprint density at radius 3 is 2.09 bits per heavy atom. The Morgan fingerprint density at radius 2 is 1.55 bits per heavy atom. The maximum absolute atomic E-state index is 13.3. The van der Waals surface area contributed by atoms with Gasteiger partial charge in [-0.05, 0) is 45.4 Å². The Morgan fingerprint density at radius 1 is 0.970 bits per heavy atom.